The van der Waals surface area contributed by atoms with Crippen LogP contribution in [0.25, 0.3) is 11.1 Å². The molecule has 1 fully saturated rings. The normalized spacial score (nSPS) is 15.5. The van der Waals surface area contributed by atoms with E-state index in [0.717, 1.165) is 11.1 Å². The van der Waals surface area contributed by atoms with Gasteiger partial charge in [-0.1, -0.05) is 24.3 Å². The zero-order valence-corrected chi connectivity index (χ0v) is 20.0. The van der Waals surface area contributed by atoms with E-state index in [4.69, 9.17) is 21.0 Å². The van der Waals surface area contributed by atoms with Gasteiger partial charge >= 0.3 is 0 Å². The molecule has 35 heavy (non-hydrogen) atoms. The van der Waals surface area contributed by atoms with E-state index in [-0.39, 0.29) is 43.5 Å². The van der Waals surface area contributed by atoms with Crippen molar-refractivity contribution in [2.45, 2.75) is 17.4 Å². The van der Waals surface area contributed by atoms with Gasteiger partial charge in [-0.3, -0.25) is 9.59 Å². The highest BCUT2D eigenvalue weighted by Crippen LogP contribution is 2.25. The molecule has 1 atom stereocenters. The van der Waals surface area contributed by atoms with Gasteiger partial charge in [0, 0.05) is 6.54 Å². The molecule has 2 aromatic rings. The van der Waals surface area contributed by atoms with Crippen LogP contribution < -0.4 is 26.2 Å². The molecule has 0 bridgehead atoms. The van der Waals surface area contributed by atoms with Crippen molar-refractivity contribution < 1.29 is 27.6 Å². The Hall–Kier alpha value is -3.84. The number of ether oxygens (including phenoxy) is 1. The van der Waals surface area contributed by atoms with Crippen LogP contribution in [0.4, 0.5) is 0 Å². The average Bonchev–Trinajstić information content (AvgIpc) is 3.17. The summed E-state index contributed by atoms with van der Waals surface area (Å²) in [5.41, 5.74) is 11.9. The van der Waals surface area contributed by atoms with Gasteiger partial charge in [0.15, 0.2) is 0 Å². The summed E-state index contributed by atoms with van der Waals surface area (Å²) in [4.78, 5) is 30.8. The van der Waals surface area contributed by atoms with Crippen LogP contribution in [-0.2, 0) is 24.4 Å². The molecule has 6 N–H and O–H groups in total. The number of likely N-dealkylation sites (tertiary alicyclic amines) is 1. The van der Waals surface area contributed by atoms with E-state index < -0.39 is 27.9 Å². The van der Waals surface area contributed by atoms with Crippen LogP contribution in [-0.4, -0.2) is 70.5 Å². The Morgan fingerprint density at radius 1 is 1.17 bits per heavy atom. The molecule has 0 radical (unpaired) electrons. The number of amides is 2. The number of hydrogen-bond donors (Lipinski definition) is 4. The molecule has 1 saturated heterocycles. The third kappa shape index (κ3) is 7.07. The summed E-state index contributed by atoms with van der Waals surface area (Å²) in [6.07, 6.45) is 0.251. The van der Waals surface area contributed by atoms with Gasteiger partial charge in [-0.05, 0) is 47.0 Å². The lowest BCUT2D eigenvalue weighted by molar-refractivity contribution is -0.134. The molecule has 1 aliphatic heterocycles. The minimum absolute atomic E-state index is 0.0360. The Kier molecular flexibility index (Phi) is 8.49. The monoisotopic (exact) mass is 504 g/mol. The molecule has 2 aromatic carbocycles. The summed E-state index contributed by atoms with van der Waals surface area (Å²) in [7, 11) is -2.37. The molecule has 1 heterocycles. The number of oxime groups is 1. The van der Waals surface area contributed by atoms with Gasteiger partial charge in [0.05, 0.1) is 25.1 Å². The third-order valence-electron chi connectivity index (χ3n) is 5.18. The van der Waals surface area contributed by atoms with E-state index in [1.165, 1.54) is 17.0 Å². The van der Waals surface area contributed by atoms with Crippen LogP contribution in [0.5, 0.6) is 5.75 Å². The Morgan fingerprint density at radius 2 is 1.91 bits per heavy atom. The Labute approximate surface area is 203 Å². The first-order valence-corrected chi connectivity index (χ1v) is 12.2. The highest BCUT2D eigenvalue weighted by Gasteiger charge is 2.35. The highest BCUT2D eigenvalue weighted by molar-refractivity contribution is 7.89. The molecule has 0 saturated carbocycles. The molecule has 0 aliphatic carbocycles. The Morgan fingerprint density at radius 3 is 2.60 bits per heavy atom. The van der Waals surface area contributed by atoms with Gasteiger partial charge in [-0.15, -0.1) is 0 Å². The number of sulfonamides is 1. The standard InChI is InChI=1S/C22H28N6O6S/c1-33-17-4-2-3-16(13-17)15-5-7-18(8-6-15)35(31,32)27-19-9-11-28(21(19)30)14-20(29)25-10-12-34-26-22(23)24/h2-8,13,19,27H,9-12,14H2,1H3,(H,25,29)(H4,23,24,26)/t19-/m0/s1. The van der Waals surface area contributed by atoms with Gasteiger partial charge in [0.25, 0.3) is 0 Å². The molecule has 0 spiro atoms. The predicted molar refractivity (Wildman–Crippen MR) is 129 cm³/mol. The van der Waals surface area contributed by atoms with Crippen molar-refractivity contribution in [2.24, 2.45) is 16.6 Å². The number of carbonyl (C=O) groups is 2. The van der Waals surface area contributed by atoms with Crippen molar-refractivity contribution in [1.29, 1.82) is 0 Å². The average molecular weight is 505 g/mol. The number of hydrogen-bond acceptors (Lipinski definition) is 7. The summed E-state index contributed by atoms with van der Waals surface area (Å²) < 4.78 is 33.3. The first kappa shape index (κ1) is 25.8. The van der Waals surface area contributed by atoms with Crippen molar-refractivity contribution in [1.82, 2.24) is 14.9 Å². The van der Waals surface area contributed by atoms with E-state index in [1.807, 2.05) is 24.3 Å². The smallest absolute Gasteiger partial charge is 0.241 e. The molecule has 3 rings (SSSR count). The lowest BCUT2D eigenvalue weighted by Crippen LogP contribution is -2.44. The molecular weight excluding hydrogens is 476 g/mol. The fourth-order valence-electron chi connectivity index (χ4n) is 3.48. The minimum Gasteiger partial charge on any atom is -0.497 e. The molecule has 12 nitrogen and oxygen atoms in total. The van der Waals surface area contributed by atoms with Crippen LogP contribution in [0.3, 0.4) is 0 Å². The number of nitrogens with zero attached hydrogens (tertiary/aromatic N) is 2. The summed E-state index contributed by atoms with van der Waals surface area (Å²) in [5, 5.41) is 5.88. The quantitative estimate of drug-likeness (QED) is 0.138. The van der Waals surface area contributed by atoms with Crippen LogP contribution in [0.15, 0.2) is 58.6 Å². The van der Waals surface area contributed by atoms with Crippen molar-refractivity contribution in [3.05, 3.63) is 48.5 Å². The first-order chi connectivity index (χ1) is 16.7. The molecule has 1 aliphatic rings. The first-order valence-electron chi connectivity index (χ1n) is 10.7. The van der Waals surface area contributed by atoms with Gasteiger partial charge in [0.1, 0.15) is 18.4 Å². The van der Waals surface area contributed by atoms with Gasteiger partial charge < -0.3 is 31.3 Å². The number of nitrogens with two attached hydrogens (primary N) is 2. The van der Waals surface area contributed by atoms with E-state index in [2.05, 4.69) is 15.2 Å². The number of rotatable bonds is 11. The lowest BCUT2D eigenvalue weighted by atomic mass is 10.1. The molecular formula is C22H28N6O6S. The van der Waals surface area contributed by atoms with Crippen molar-refractivity contribution >= 4 is 27.8 Å². The largest absolute Gasteiger partial charge is 0.497 e. The zero-order chi connectivity index (χ0) is 25.4. The van der Waals surface area contributed by atoms with Gasteiger partial charge in [-0.25, -0.2) is 8.42 Å². The minimum atomic E-state index is -3.94. The number of guanidine groups is 1. The summed E-state index contributed by atoms with van der Waals surface area (Å²) >= 11 is 0. The second kappa shape index (κ2) is 11.5. The van der Waals surface area contributed by atoms with Crippen molar-refractivity contribution in [2.75, 3.05) is 33.4 Å². The number of benzene rings is 2. The van der Waals surface area contributed by atoms with Gasteiger partial charge in [0.2, 0.25) is 27.8 Å². The summed E-state index contributed by atoms with van der Waals surface area (Å²) in [6.45, 7) is 0.239. The number of carbonyl (C=O) groups excluding carboxylic acids is 2. The van der Waals surface area contributed by atoms with Crippen LogP contribution in [0, 0.1) is 0 Å². The zero-order valence-electron chi connectivity index (χ0n) is 19.1. The third-order valence-corrected chi connectivity index (χ3v) is 6.67. The van der Waals surface area contributed by atoms with E-state index in [0.29, 0.717) is 5.75 Å². The summed E-state index contributed by atoms with van der Waals surface area (Å²) in [6, 6.07) is 12.8. The second-order valence-corrected chi connectivity index (χ2v) is 9.39. The Balaban J connectivity index is 1.54. The maximum absolute atomic E-state index is 12.8. The maximum atomic E-state index is 12.8. The van der Waals surface area contributed by atoms with Crippen LogP contribution in [0.2, 0.25) is 0 Å². The number of nitrogens with one attached hydrogen (secondary N) is 2. The van der Waals surface area contributed by atoms with Crippen LogP contribution in [0.1, 0.15) is 6.42 Å². The van der Waals surface area contributed by atoms with E-state index in [9.17, 15) is 18.0 Å². The lowest BCUT2D eigenvalue weighted by Gasteiger charge is -2.17. The number of methoxy groups -OCH3 is 1. The molecule has 188 valence electrons. The molecule has 0 aromatic heterocycles. The van der Waals surface area contributed by atoms with E-state index >= 15 is 0 Å². The molecule has 2 amide bonds. The topological polar surface area (TPSA) is 178 Å². The van der Waals surface area contributed by atoms with Crippen molar-refractivity contribution in [3.8, 4) is 16.9 Å². The van der Waals surface area contributed by atoms with Crippen LogP contribution >= 0.6 is 0 Å². The maximum Gasteiger partial charge on any atom is 0.241 e. The summed E-state index contributed by atoms with van der Waals surface area (Å²) in [5.74, 6) is -0.421. The fraction of sp³-hybridized carbons (Fsp3) is 0.318. The van der Waals surface area contributed by atoms with Gasteiger partial charge in [-0.2, -0.15) is 4.72 Å². The SMILES string of the molecule is COc1cccc(-c2ccc(S(=O)(=O)N[C@H]3CCN(CC(=O)NCCON=C(N)N)C3=O)cc2)c1. The van der Waals surface area contributed by atoms with Crippen molar-refractivity contribution in [3.63, 3.8) is 0 Å². The predicted octanol–water partition coefficient (Wildman–Crippen LogP) is -0.437. The fourth-order valence-corrected chi connectivity index (χ4v) is 4.70. The highest BCUT2D eigenvalue weighted by atomic mass is 32.2. The molecule has 13 heteroatoms. The van der Waals surface area contributed by atoms with E-state index in [1.54, 1.807) is 19.2 Å². The Bertz CT molecular complexity index is 1180. The molecule has 0 unspecified atom stereocenters. The second-order valence-electron chi connectivity index (χ2n) is 7.68.